The number of phenolic OH excluding ortho intramolecular Hbond substituents is 2. The number of carbonyl (C=O) groups excluding carboxylic acids is 4. The zero-order chi connectivity index (χ0) is 39.1. The zero-order valence-corrected chi connectivity index (χ0v) is 32.8. The van der Waals surface area contributed by atoms with Crippen LogP contribution < -0.4 is 42.5 Å². The van der Waals surface area contributed by atoms with Crippen LogP contribution in [0.4, 0.5) is 0 Å². The maximum atomic E-state index is 12.7. The minimum Gasteiger partial charge on any atom is -0.507 e. The number of hydrogen-bond donors (Lipinski definition) is 10. The van der Waals surface area contributed by atoms with Crippen LogP contribution >= 0.6 is 23.2 Å². The second-order valence-corrected chi connectivity index (χ2v) is 16.7. The number of amides is 4. The van der Waals surface area contributed by atoms with Crippen molar-refractivity contribution in [2.45, 2.75) is 104 Å². The molecular weight excluding hydrogens is 711 g/mol. The third-order valence-electron chi connectivity index (χ3n) is 8.67. The number of aromatic hydroxyl groups is 2. The van der Waals surface area contributed by atoms with E-state index in [1.54, 1.807) is 24.3 Å². The average Bonchev–Trinajstić information content (AvgIpc) is 3.06. The van der Waals surface area contributed by atoms with Crippen molar-refractivity contribution in [3.63, 3.8) is 0 Å². The molecule has 0 atom stereocenters. The summed E-state index contributed by atoms with van der Waals surface area (Å²) in [6.45, 7) is 16.0. The number of rotatable bonds is 0. The topological polar surface area (TPSA) is 205 Å². The molecular formula is C36H54Cl2N8O6. The average molecular weight is 766 g/mol. The number of fused-ring (bicyclic) bond motifs is 4. The van der Waals surface area contributed by atoms with Gasteiger partial charge in [0.25, 0.3) is 0 Å². The van der Waals surface area contributed by atoms with Gasteiger partial charge in [0.15, 0.2) is 0 Å². The molecule has 2 aromatic rings. The second-order valence-electron chi connectivity index (χ2n) is 15.8. The number of phenols is 2. The van der Waals surface area contributed by atoms with Gasteiger partial charge >= 0.3 is 23.6 Å². The highest BCUT2D eigenvalue weighted by molar-refractivity contribution is 6.35. The van der Waals surface area contributed by atoms with Crippen molar-refractivity contribution in [3.8, 4) is 11.5 Å². The maximum absolute atomic E-state index is 12.7. The van der Waals surface area contributed by atoms with Gasteiger partial charge in [0, 0.05) is 107 Å². The minimum absolute atomic E-state index is 0.0282. The van der Waals surface area contributed by atoms with E-state index in [0.717, 1.165) is 0 Å². The summed E-state index contributed by atoms with van der Waals surface area (Å²) >= 11 is 12.8. The Kier molecular flexibility index (Phi) is 14.3. The Morgan fingerprint density at radius 1 is 0.442 bits per heavy atom. The highest BCUT2D eigenvalue weighted by Gasteiger charge is 2.27. The summed E-state index contributed by atoms with van der Waals surface area (Å²) in [5, 5.41) is 46.8. The Balaban J connectivity index is 1.81. The molecule has 4 bridgehead atoms. The van der Waals surface area contributed by atoms with E-state index in [1.807, 2.05) is 55.4 Å². The first-order valence-corrected chi connectivity index (χ1v) is 17.9. The normalized spacial score (nSPS) is 21.1. The van der Waals surface area contributed by atoms with Crippen molar-refractivity contribution in [2.75, 3.05) is 26.2 Å². The van der Waals surface area contributed by atoms with E-state index in [1.165, 1.54) is 0 Å². The third kappa shape index (κ3) is 13.4. The quantitative estimate of drug-likeness (QED) is 0.177. The van der Waals surface area contributed by atoms with Crippen LogP contribution in [0.5, 0.6) is 11.5 Å². The molecule has 0 spiro atoms. The van der Waals surface area contributed by atoms with Crippen molar-refractivity contribution >= 4 is 46.8 Å². The third-order valence-corrected chi connectivity index (χ3v) is 9.11. The molecule has 0 radical (unpaired) electrons. The van der Waals surface area contributed by atoms with Crippen LogP contribution in [-0.4, -0.2) is 82.2 Å². The van der Waals surface area contributed by atoms with Gasteiger partial charge in [-0.1, -0.05) is 23.2 Å². The van der Waals surface area contributed by atoms with Gasteiger partial charge < -0.3 is 52.7 Å². The number of halogens is 2. The maximum Gasteiger partial charge on any atom is 0.309 e. The van der Waals surface area contributed by atoms with Crippen LogP contribution in [0.25, 0.3) is 0 Å². The molecule has 1 aliphatic rings. The van der Waals surface area contributed by atoms with E-state index in [9.17, 15) is 29.4 Å². The van der Waals surface area contributed by atoms with Gasteiger partial charge in [0.1, 0.15) is 11.5 Å². The lowest BCUT2D eigenvalue weighted by Gasteiger charge is -2.29. The second kappa shape index (κ2) is 17.4. The van der Waals surface area contributed by atoms with E-state index in [2.05, 4.69) is 42.5 Å². The lowest BCUT2D eigenvalue weighted by molar-refractivity contribution is -0.139. The van der Waals surface area contributed by atoms with Crippen molar-refractivity contribution in [1.29, 1.82) is 0 Å². The van der Waals surface area contributed by atoms with Crippen LogP contribution in [0.2, 0.25) is 10.0 Å². The van der Waals surface area contributed by atoms with Gasteiger partial charge in [-0.3, -0.25) is 19.2 Å². The number of benzene rings is 2. The lowest BCUT2D eigenvalue weighted by Crippen LogP contribution is -2.54. The molecule has 16 heteroatoms. The smallest absolute Gasteiger partial charge is 0.309 e. The van der Waals surface area contributed by atoms with E-state index in [-0.39, 0.29) is 63.9 Å². The predicted octanol–water partition coefficient (Wildman–Crippen LogP) is 2.06. The summed E-state index contributed by atoms with van der Waals surface area (Å²) in [5.74, 6) is -3.13. The highest BCUT2D eigenvalue weighted by Crippen LogP contribution is 2.29. The predicted molar refractivity (Wildman–Crippen MR) is 202 cm³/mol. The molecule has 0 saturated carbocycles. The molecule has 0 aromatic heterocycles. The van der Waals surface area contributed by atoms with Crippen LogP contribution in [0.3, 0.4) is 0 Å². The van der Waals surface area contributed by atoms with E-state index in [4.69, 9.17) is 23.2 Å². The molecule has 0 fully saturated rings. The minimum atomic E-state index is -0.796. The first kappa shape index (κ1) is 42.8. The van der Waals surface area contributed by atoms with E-state index in [0.29, 0.717) is 32.3 Å². The Hall–Kier alpha value is -3.66. The van der Waals surface area contributed by atoms with E-state index >= 15 is 0 Å². The van der Waals surface area contributed by atoms with Gasteiger partial charge in [-0.2, -0.15) is 0 Å². The Labute approximate surface area is 315 Å². The molecule has 0 aliphatic carbocycles. The summed E-state index contributed by atoms with van der Waals surface area (Å²) < 4.78 is 0. The number of nitrogens with one attached hydrogen (secondary N) is 8. The Bertz CT molecular complexity index is 1420. The van der Waals surface area contributed by atoms with Gasteiger partial charge in [0.2, 0.25) is 0 Å². The molecule has 1 aliphatic heterocycles. The fraction of sp³-hybridized carbons (Fsp3) is 0.556. The standard InChI is InChI=1S/C36H54Cl2N8O6/c1-33(2)17-39-29(49)30(50)40-18-34(3,4)45-15-23-11-26(38)12-24(28(23)48)16-46-36(7,8)20-42-32(52)31(51)41-19-35(5,6)44-14-22-10-25(37)9-21(13-43-33)27(22)47/h9-12,43-48H,13-20H2,1-8H3,(H,39,49)(H,40,50)(H,41,51)(H,42,52). The molecule has 10 N–H and O–H groups in total. The van der Waals surface area contributed by atoms with Crippen molar-refractivity contribution in [1.82, 2.24) is 42.5 Å². The van der Waals surface area contributed by atoms with Crippen molar-refractivity contribution in [3.05, 3.63) is 56.6 Å². The van der Waals surface area contributed by atoms with Crippen LogP contribution in [0.15, 0.2) is 24.3 Å². The van der Waals surface area contributed by atoms with Crippen molar-refractivity contribution in [2.24, 2.45) is 0 Å². The molecule has 52 heavy (non-hydrogen) atoms. The van der Waals surface area contributed by atoms with E-state index < -0.39 is 45.8 Å². The summed E-state index contributed by atoms with van der Waals surface area (Å²) in [7, 11) is 0. The highest BCUT2D eigenvalue weighted by atomic mass is 35.5. The molecule has 288 valence electrons. The Morgan fingerprint density at radius 3 is 0.827 bits per heavy atom. The van der Waals surface area contributed by atoms with Crippen LogP contribution in [0.1, 0.15) is 77.6 Å². The molecule has 0 saturated heterocycles. The largest absolute Gasteiger partial charge is 0.507 e. The lowest BCUT2D eigenvalue weighted by atomic mass is 10.0. The molecule has 14 nitrogen and oxygen atoms in total. The first-order chi connectivity index (χ1) is 24.0. The van der Waals surface area contributed by atoms with Gasteiger partial charge in [-0.05, 0) is 79.7 Å². The molecule has 0 unspecified atom stereocenters. The molecule has 1 heterocycles. The summed E-state index contributed by atoms with van der Waals surface area (Å²) in [6.07, 6.45) is 0. The zero-order valence-electron chi connectivity index (χ0n) is 31.2. The summed E-state index contributed by atoms with van der Waals surface area (Å²) in [6, 6.07) is 6.56. The summed E-state index contributed by atoms with van der Waals surface area (Å²) in [4.78, 5) is 50.8. The molecule has 4 amide bonds. The van der Waals surface area contributed by atoms with Crippen LogP contribution in [0, 0.1) is 0 Å². The van der Waals surface area contributed by atoms with Gasteiger partial charge in [0.05, 0.1) is 0 Å². The fourth-order valence-electron chi connectivity index (χ4n) is 5.09. The van der Waals surface area contributed by atoms with Gasteiger partial charge in [-0.25, -0.2) is 0 Å². The SMILES string of the molecule is CC1(C)CNC(=O)C(=O)NCC(C)(C)NCc2cc(Cl)cc(c2O)CNC(C)(C)CNC(=O)C(=O)NCC(C)(C)NCc2cc(Cl)cc(c2O)CN1. The first-order valence-electron chi connectivity index (χ1n) is 17.1. The molecule has 2 aromatic carbocycles. The molecule has 3 rings (SSSR count). The van der Waals surface area contributed by atoms with Gasteiger partial charge in [-0.15, -0.1) is 0 Å². The van der Waals surface area contributed by atoms with Crippen LogP contribution in [-0.2, 0) is 45.4 Å². The number of hydrogen-bond acceptors (Lipinski definition) is 10. The number of carbonyl (C=O) groups is 4. The fourth-order valence-corrected chi connectivity index (χ4v) is 5.61. The Morgan fingerprint density at radius 2 is 0.635 bits per heavy atom. The van der Waals surface area contributed by atoms with Crippen molar-refractivity contribution < 1.29 is 29.4 Å². The monoisotopic (exact) mass is 764 g/mol. The summed E-state index contributed by atoms with van der Waals surface area (Å²) in [5.41, 5.74) is -0.617.